The van der Waals surface area contributed by atoms with Crippen LogP contribution in [0.2, 0.25) is 0 Å². The minimum absolute atomic E-state index is 0.0871. The van der Waals surface area contributed by atoms with Crippen LogP contribution < -0.4 is 11.1 Å². The van der Waals surface area contributed by atoms with Gasteiger partial charge in [-0.2, -0.15) is 0 Å². The fraction of sp³-hybridized carbons (Fsp3) is 0.0714. The van der Waals surface area contributed by atoms with Crippen LogP contribution in [0.3, 0.4) is 0 Å². The highest BCUT2D eigenvalue weighted by atomic mass is 79.9. The summed E-state index contributed by atoms with van der Waals surface area (Å²) in [7, 11) is 0. The van der Waals surface area contributed by atoms with Crippen LogP contribution in [0.25, 0.3) is 0 Å². The van der Waals surface area contributed by atoms with Gasteiger partial charge in [0.2, 0.25) is 0 Å². The lowest BCUT2D eigenvalue weighted by atomic mass is 10.1. The number of thiocarbonyl (C=S) groups is 1. The maximum Gasteiger partial charge on any atom is 0.161 e. The Hall–Kier alpha value is -1.53. The van der Waals surface area contributed by atoms with Gasteiger partial charge in [-0.15, -0.1) is 0 Å². The molecule has 20 heavy (non-hydrogen) atoms. The van der Waals surface area contributed by atoms with Gasteiger partial charge in [-0.25, -0.2) is 8.78 Å². The lowest BCUT2D eigenvalue weighted by molar-refractivity contribution is 0.621. The first-order valence-electron chi connectivity index (χ1n) is 5.71. The van der Waals surface area contributed by atoms with Crippen molar-refractivity contribution >= 4 is 44.5 Å². The molecule has 0 radical (unpaired) electrons. The largest absolute Gasteiger partial charge is 0.389 e. The van der Waals surface area contributed by atoms with Gasteiger partial charge in [0.15, 0.2) is 5.82 Å². The number of halogens is 3. The molecule has 0 amide bonds. The molecule has 0 heterocycles. The zero-order valence-electron chi connectivity index (χ0n) is 10.5. The lowest BCUT2D eigenvalue weighted by Crippen LogP contribution is -2.11. The monoisotopic (exact) mass is 356 g/mol. The van der Waals surface area contributed by atoms with Crippen molar-refractivity contribution in [1.29, 1.82) is 0 Å². The molecule has 0 bridgehead atoms. The highest BCUT2D eigenvalue weighted by Crippen LogP contribution is 2.30. The van der Waals surface area contributed by atoms with E-state index in [4.69, 9.17) is 18.0 Å². The van der Waals surface area contributed by atoms with Gasteiger partial charge in [0, 0.05) is 5.56 Å². The Kier molecular flexibility index (Phi) is 4.35. The second kappa shape index (κ2) is 5.85. The normalized spacial score (nSPS) is 10.4. The molecule has 0 unspecified atom stereocenters. The van der Waals surface area contributed by atoms with Crippen LogP contribution in [-0.2, 0) is 0 Å². The molecule has 2 rings (SSSR count). The van der Waals surface area contributed by atoms with E-state index in [0.717, 1.165) is 5.56 Å². The molecule has 2 aromatic rings. The van der Waals surface area contributed by atoms with Crippen molar-refractivity contribution < 1.29 is 8.78 Å². The summed E-state index contributed by atoms with van der Waals surface area (Å²) in [6.07, 6.45) is 0. The van der Waals surface area contributed by atoms with Gasteiger partial charge < -0.3 is 11.1 Å². The molecular weight excluding hydrogens is 346 g/mol. The summed E-state index contributed by atoms with van der Waals surface area (Å²) >= 11 is 7.92. The summed E-state index contributed by atoms with van der Waals surface area (Å²) in [5.74, 6) is -1.03. The van der Waals surface area contributed by atoms with Crippen LogP contribution in [0.1, 0.15) is 11.1 Å². The quantitative estimate of drug-likeness (QED) is 0.799. The highest BCUT2D eigenvalue weighted by molar-refractivity contribution is 9.10. The molecule has 2 nitrogen and oxygen atoms in total. The van der Waals surface area contributed by atoms with Crippen LogP contribution in [0, 0.1) is 18.6 Å². The van der Waals surface area contributed by atoms with Gasteiger partial charge in [-0.05, 0) is 52.7 Å². The zero-order chi connectivity index (χ0) is 14.9. The number of hydrogen-bond donors (Lipinski definition) is 2. The number of rotatable bonds is 3. The summed E-state index contributed by atoms with van der Waals surface area (Å²) in [5.41, 5.74) is 7.10. The second-order valence-corrected chi connectivity index (χ2v) is 5.49. The van der Waals surface area contributed by atoms with Gasteiger partial charge in [-0.3, -0.25) is 0 Å². The fourth-order valence-electron chi connectivity index (χ4n) is 1.72. The summed E-state index contributed by atoms with van der Waals surface area (Å²) in [6, 6.07) is 7.61. The van der Waals surface area contributed by atoms with E-state index in [9.17, 15) is 8.78 Å². The molecule has 0 saturated carbocycles. The molecule has 6 heteroatoms. The van der Waals surface area contributed by atoms with Crippen molar-refractivity contribution in [2.24, 2.45) is 5.73 Å². The average molecular weight is 357 g/mol. The minimum atomic E-state index is -0.573. The molecule has 0 aliphatic rings. The third-order valence-corrected chi connectivity index (χ3v) is 3.73. The molecule has 0 saturated heterocycles. The molecule has 2 aromatic carbocycles. The van der Waals surface area contributed by atoms with E-state index < -0.39 is 11.6 Å². The smallest absolute Gasteiger partial charge is 0.161 e. The number of anilines is 2. The number of nitrogens with two attached hydrogens (primary N) is 1. The fourth-order valence-corrected chi connectivity index (χ4v) is 2.58. The highest BCUT2D eigenvalue weighted by Gasteiger charge is 2.14. The Bertz CT molecular complexity index is 689. The molecule has 0 aliphatic heterocycles. The van der Waals surface area contributed by atoms with Crippen LogP contribution in [-0.4, -0.2) is 4.99 Å². The predicted octanol–water partition coefficient (Wildman–Crippen LogP) is 4.41. The Morgan fingerprint density at radius 2 is 1.90 bits per heavy atom. The SMILES string of the molecule is Cc1ccc(F)c(Nc2ccc(C(N)=S)c(Br)c2F)c1. The van der Waals surface area contributed by atoms with Crippen molar-refractivity contribution in [3.63, 3.8) is 0 Å². The third kappa shape index (κ3) is 2.96. The van der Waals surface area contributed by atoms with Gasteiger partial charge in [-0.1, -0.05) is 18.3 Å². The predicted molar refractivity (Wildman–Crippen MR) is 84.4 cm³/mol. The number of aryl methyl sites for hydroxylation is 1. The standard InChI is InChI=1S/C14H11BrF2N2S/c1-7-2-4-9(16)11(6-7)19-10-5-3-8(14(18)20)12(15)13(10)17/h2-6,19H,1H3,(H2,18,20). The van der Waals surface area contributed by atoms with E-state index in [1.165, 1.54) is 12.1 Å². The van der Waals surface area contributed by atoms with E-state index in [2.05, 4.69) is 21.2 Å². The van der Waals surface area contributed by atoms with Gasteiger partial charge in [0.25, 0.3) is 0 Å². The van der Waals surface area contributed by atoms with Crippen LogP contribution >= 0.6 is 28.1 Å². The van der Waals surface area contributed by atoms with Crippen molar-refractivity contribution in [3.05, 3.63) is 57.6 Å². The Morgan fingerprint density at radius 3 is 2.55 bits per heavy atom. The van der Waals surface area contributed by atoms with Crippen molar-refractivity contribution in [2.45, 2.75) is 6.92 Å². The summed E-state index contributed by atoms with van der Waals surface area (Å²) in [5, 5.41) is 2.72. The van der Waals surface area contributed by atoms with Crippen LogP contribution in [0.5, 0.6) is 0 Å². The molecule has 0 aromatic heterocycles. The molecular formula is C14H11BrF2N2S. The summed E-state index contributed by atoms with van der Waals surface area (Å²) in [4.78, 5) is 0.0871. The molecule has 0 spiro atoms. The Labute approximate surface area is 129 Å². The number of hydrogen-bond acceptors (Lipinski definition) is 2. The molecule has 3 N–H and O–H groups in total. The van der Waals surface area contributed by atoms with Crippen LogP contribution in [0.15, 0.2) is 34.8 Å². The van der Waals surface area contributed by atoms with E-state index in [1.54, 1.807) is 18.2 Å². The number of nitrogens with one attached hydrogen (secondary N) is 1. The Balaban J connectivity index is 2.42. The first kappa shape index (κ1) is 14.9. The molecule has 0 aliphatic carbocycles. The third-order valence-electron chi connectivity index (χ3n) is 2.74. The zero-order valence-corrected chi connectivity index (χ0v) is 12.9. The van der Waals surface area contributed by atoms with Crippen molar-refractivity contribution in [1.82, 2.24) is 0 Å². The topological polar surface area (TPSA) is 38.0 Å². The Morgan fingerprint density at radius 1 is 1.20 bits per heavy atom. The van der Waals surface area contributed by atoms with E-state index in [1.807, 2.05) is 6.92 Å². The van der Waals surface area contributed by atoms with Gasteiger partial charge in [0.1, 0.15) is 10.8 Å². The van der Waals surface area contributed by atoms with Gasteiger partial charge in [0.05, 0.1) is 15.8 Å². The van der Waals surface area contributed by atoms with Crippen molar-refractivity contribution in [2.75, 3.05) is 5.32 Å². The number of benzene rings is 2. The van der Waals surface area contributed by atoms with Gasteiger partial charge >= 0.3 is 0 Å². The summed E-state index contributed by atoms with van der Waals surface area (Å²) in [6.45, 7) is 1.83. The maximum absolute atomic E-state index is 14.2. The van der Waals surface area contributed by atoms with Crippen molar-refractivity contribution in [3.8, 4) is 0 Å². The van der Waals surface area contributed by atoms with E-state index in [-0.39, 0.29) is 20.8 Å². The average Bonchev–Trinajstić information content (AvgIpc) is 2.39. The van der Waals surface area contributed by atoms with E-state index in [0.29, 0.717) is 5.56 Å². The minimum Gasteiger partial charge on any atom is -0.389 e. The van der Waals surface area contributed by atoms with E-state index >= 15 is 0 Å². The lowest BCUT2D eigenvalue weighted by Gasteiger charge is -2.12. The van der Waals surface area contributed by atoms with Crippen LogP contribution in [0.4, 0.5) is 20.2 Å². The maximum atomic E-state index is 14.2. The molecule has 0 atom stereocenters. The summed E-state index contributed by atoms with van der Waals surface area (Å²) < 4.78 is 28.0. The molecule has 104 valence electrons. The second-order valence-electron chi connectivity index (χ2n) is 4.26. The first-order chi connectivity index (χ1) is 9.40. The first-order valence-corrected chi connectivity index (χ1v) is 6.91. The molecule has 0 fully saturated rings.